The van der Waals surface area contributed by atoms with E-state index in [1.54, 1.807) is 54.7 Å². The normalized spacial score (nSPS) is 11.5. The van der Waals surface area contributed by atoms with Crippen molar-refractivity contribution < 1.29 is 15.0 Å². The van der Waals surface area contributed by atoms with Crippen molar-refractivity contribution in [2.75, 3.05) is 0 Å². The molecule has 4 heteroatoms. The minimum absolute atomic E-state index is 0.0897. The average molecular weight is 329 g/mol. The first-order chi connectivity index (χ1) is 12.1. The van der Waals surface area contributed by atoms with Crippen LogP contribution in [-0.4, -0.2) is 20.6 Å². The van der Waals surface area contributed by atoms with Crippen LogP contribution in [0, 0.1) is 0 Å². The Bertz CT molecular complexity index is 1070. The number of fused-ring (bicyclic) bond motifs is 3. The number of nitrogens with zero attached hydrogens (tertiary/aromatic N) is 1. The molecule has 0 spiro atoms. The second kappa shape index (κ2) is 5.83. The van der Waals surface area contributed by atoms with Gasteiger partial charge in [-0.3, -0.25) is 4.79 Å². The molecule has 0 bridgehead atoms. The fourth-order valence-electron chi connectivity index (χ4n) is 3.03. The van der Waals surface area contributed by atoms with Crippen LogP contribution in [0.15, 0.2) is 72.8 Å². The molecule has 4 aromatic rings. The number of aromatic nitrogens is 1. The number of rotatable bonds is 3. The van der Waals surface area contributed by atoms with Crippen molar-refractivity contribution in [3.8, 4) is 11.5 Å². The molecule has 0 fully saturated rings. The van der Waals surface area contributed by atoms with E-state index >= 15 is 0 Å². The van der Waals surface area contributed by atoms with Crippen molar-refractivity contribution in [1.82, 2.24) is 4.57 Å². The molecule has 4 nitrogen and oxygen atoms in total. The first-order valence-electron chi connectivity index (χ1n) is 7.87. The largest absolute Gasteiger partial charge is 0.508 e. The van der Waals surface area contributed by atoms with Crippen LogP contribution < -0.4 is 0 Å². The fourth-order valence-corrected chi connectivity index (χ4v) is 3.03. The molecule has 0 aliphatic heterocycles. The summed E-state index contributed by atoms with van der Waals surface area (Å²) in [4.78, 5) is 12.3. The zero-order valence-corrected chi connectivity index (χ0v) is 13.3. The quantitative estimate of drug-likeness (QED) is 0.428. The van der Waals surface area contributed by atoms with Crippen LogP contribution in [0.2, 0.25) is 0 Å². The first-order valence-corrected chi connectivity index (χ1v) is 7.87. The smallest absolute Gasteiger partial charge is 0.187 e. The molecule has 0 radical (unpaired) electrons. The highest BCUT2D eigenvalue weighted by Crippen LogP contribution is 2.33. The minimum Gasteiger partial charge on any atom is -0.508 e. The van der Waals surface area contributed by atoms with Crippen LogP contribution in [0.25, 0.3) is 28.0 Å². The monoisotopic (exact) mass is 329 g/mol. The summed E-state index contributed by atoms with van der Waals surface area (Å²) in [7, 11) is 0. The molecule has 4 rings (SSSR count). The molecule has 0 aliphatic rings. The van der Waals surface area contributed by atoms with Crippen molar-refractivity contribution in [2.24, 2.45) is 0 Å². The van der Waals surface area contributed by atoms with Gasteiger partial charge < -0.3 is 14.8 Å². The van der Waals surface area contributed by atoms with E-state index in [2.05, 4.69) is 0 Å². The van der Waals surface area contributed by atoms with Crippen LogP contribution in [0.5, 0.6) is 11.5 Å². The van der Waals surface area contributed by atoms with Crippen molar-refractivity contribution in [1.29, 1.82) is 0 Å². The first kappa shape index (κ1) is 15.0. The highest BCUT2D eigenvalue weighted by Gasteiger charge is 2.11. The Balaban J connectivity index is 1.88. The van der Waals surface area contributed by atoms with Gasteiger partial charge >= 0.3 is 0 Å². The van der Waals surface area contributed by atoms with Crippen LogP contribution >= 0.6 is 0 Å². The molecule has 0 saturated heterocycles. The zero-order valence-electron chi connectivity index (χ0n) is 13.3. The molecule has 0 amide bonds. The molecule has 3 aromatic carbocycles. The number of carbonyl (C=O) groups is 1. The van der Waals surface area contributed by atoms with E-state index in [4.69, 9.17) is 0 Å². The van der Waals surface area contributed by atoms with Gasteiger partial charge in [-0.05, 0) is 36.4 Å². The maximum Gasteiger partial charge on any atom is 0.187 e. The van der Waals surface area contributed by atoms with E-state index in [9.17, 15) is 15.0 Å². The Kier molecular flexibility index (Phi) is 3.51. The summed E-state index contributed by atoms with van der Waals surface area (Å²) in [6, 6.07) is 19.2. The lowest BCUT2D eigenvalue weighted by molar-refractivity contribution is 0.104. The van der Waals surface area contributed by atoms with Gasteiger partial charge in [0.15, 0.2) is 5.78 Å². The molecule has 0 saturated carbocycles. The number of hydrogen-bond donors (Lipinski definition) is 2. The van der Waals surface area contributed by atoms with Crippen molar-refractivity contribution in [3.05, 3.63) is 78.4 Å². The molecular weight excluding hydrogens is 314 g/mol. The van der Waals surface area contributed by atoms with Gasteiger partial charge in [0.2, 0.25) is 0 Å². The maximum absolute atomic E-state index is 12.3. The summed E-state index contributed by atoms with van der Waals surface area (Å²) in [5, 5.41) is 21.2. The number of hydrogen-bond acceptors (Lipinski definition) is 3. The number of ketones is 1. The molecule has 2 N–H and O–H groups in total. The van der Waals surface area contributed by atoms with Gasteiger partial charge in [0.25, 0.3) is 0 Å². The third kappa shape index (κ3) is 2.64. The molecule has 122 valence electrons. The molecule has 0 unspecified atom stereocenters. The van der Waals surface area contributed by atoms with Gasteiger partial charge in [0.1, 0.15) is 11.5 Å². The van der Waals surface area contributed by atoms with Crippen molar-refractivity contribution >= 4 is 33.8 Å². The molecule has 1 aromatic heterocycles. The lowest BCUT2D eigenvalue weighted by Gasteiger charge is -2.01. The van der Waals surface area contributed by atoms with Gasteiger partial charge in [-0.2, -0.15) is 0 Å². The fraction of sp³-hybridized carbons (Fsp3) is 0. The number of benzene rings is 3. The number of aromatic hydroxyl groups is 2. The van der Waals surface area contributed by atoms with Gasteiger partial charge in [0.05, 0.1) is 11.0 Å². The number of phenols is 2. The van der Waals surface area contributed by atoms with Gasteiger partial charge in [0, 0.05) is 28.6 Å². The van der Waals surface area contributed by atoms with Gasteiger partial charge in [-0.15, -0.1) is 0 Å². The predicted octanol–water partition coefficient (Wildman–Crippen LogP) is 4.56. The van der Waals surface area contributed by atoms with Crippen LogP contribution in [0.4, 0.5) is 0 Å². The summed E-state index contributed by atoms with van der Waals surface area (Å²) >= 11 is 0. The Morgan fingerprint density at radius 2 is 1.36 bits per heavy atom. The van der Waals surface area contributed by atoms with Crippen molar-refractivity contribution in [3.63, 3.8) is 0 Å². The maximum atomic E-state index is 12.3. The standard InChI is InChI=1S/C21H15NO3/c23-15-6-8-19-17(12-15)18-13-16(24)7-9-20(18)22(19)11-10-21(25)14-4-2-1-3-5-14/h1-13,23-24H. The summed E-state index contributed by atoms with van der Waals surface area (Å²) < 4.78 is 1.88. The van der Waals surface area contributed by atoms with Gasteiger partial charge in [-0.1, -0.05) is 30.3 Å². The average Bonchev–Trinajstić information content (AvgIpc) is 2.92. The van der Waals surface area contributed by atoms with Gasteiger partial charge in [-0.25, -0.2) is 0 Å². The third-order valence-corrected chi connectivity index (χ3v) is 4.20. The third-order valence-electron chi connectivity index (χ3n) is 4.20. The number of allylic oxidation sites excluding steroid dienone is 1. The molecule has 0 aliphatic carbocycles. The van der Waals surface area contributed by atoms with Crippen LogP contribution in [0.3, 0.4) is 0 Å². The van der Waals surface area contributed by atoms with E-state index in [0.717, 1.165) is 21.8 Å². The molecule has 25 heavy (non-hydrogen) atoms. The number of carbonyl (C=O) groups excluding carboxylic acids is 1. The summed E-state index contributed by atoms with van der Waals surface area (Å²) in [6.45, 7) is 0. The zero-order chi connectivity index (χ0) is 17.4. The predicted molar refractivity (Wildman–Crippen MR) is 98.9 cm³/mol. The van der Waals surface area contributed by atoms with Crippen LogP contribution in [0.1, 0.15) is 10.4 Å². The topological polar surface area (TPSA) is 62.5 Å². The summed E-state index contributed by atoms with van der Waals surface area (Å²) in [5.74, 6) is 0.214. The van der Waals surface area contributed by atoms with E-state index in [1.165, 1.54) is 6.08 Å². The Morgan fingerprint density at radius 1 is 0.800 bits per heavy atom. The van der Waals surface area contributed by atoms with E-state index in [-0.39, 0.29) is 17.3 Å². The SMILES string of the molecule is O=C(C=Cn1c2ccc(O)cc2c2cc(O)ccc21)c1ccccc1. The summed E-state index contributed by atoms with van der Waals surface area (Å²) in [6.07, 6.45) is 3.24. The lowest BCUT2D eigenvalue weighted by atomic mass is 10.1. The lowest BCUT2D eigenvalue weighted by Crippen LogP contribution is -1.95. The summed E-state index contributed by atoms with van der Waals surface area (Å²) in [5.41, 5.74) is 2.31. The Morgan fingerprint density at radius 3 is 1.92 bits per heavy atom. The molecule has 0 atom stereocenters. The van der Waals surface area contributed by atoms with Crippen molar-refractivity contribution in [2.45, 2.75) is 0 Å². The molecular formula is C21H15NO3. The Hall–Kier alpha value is -3.53. The Labute approximate surface area is 143 Å². The van der Waals surface area contributed by atoms with E-state index in [0.29, 0.717) is 5.56 Å². The van der Waals surface area contributed by atoms with E-state index in [1.807, 2.05) is 22.8 Å². The van der Waals surface area contributed by atoms with Crippen LogP contribution in [-0.2, 0) is 0 Å². The second-order valence-corrected chi connectivity index (χ2v) is 5.82. The second-order valence-electron chi connectivity index (χ2n) is 5.82. The highest BCUT2D eigenvalue weighted by molar-refractivity contribution is 6.11. The molecule has 1 heterocycles. The minimum atomic E-state index is -0.0897. The number of phenolic OH excluding ortho intramolecular Hbond substituents is 2. The van der Waals surface area contributed by atoms with E-state index < -0.39 is 0 Å². The highest BCUT2D eigenvalue weighted by atomic mass is 16.3.